The van der Waals surface area contributed by atoms with Crippen LogP contribution >= 0.6 is 31.9 Å². The quantitative estimate of drug-likeness (QED) is 0.775. The van der Waals surface area contributed by atoms with E-state index < -0.39 is 0 Å². The van der Waals surface area contributed by atoms with E-state index >= 15 is 0 Å². The molecule has 2 rings (SSSR count). The minimum Gasteiger partial charge on any atom is -0.495 e. The predicted molar refractivity (Wildman–Crippen MR) is 91.2 cm³/mol. The van der Waals surface area contributed by atoms with Crippen molar-refractivity contribution in [1.82, 2.24) is 4.57 Å². The van der Waals surface area contributed by atoms with Gasteiger partial charge < -0.3 is 14.6 Å². The summed E-state index contributed by atoms with van der Waals surface area (Å²) in [6, 6.07) is 7.48. The molecule has 0 spiro atoms. The van der Waals surface area contributed by atoms with Crippen molar-refractivity contribution < 1.29 is 9.53 Å². The number of anilines is 1. The number of halogens is 2. The van der Waals surface area contributed by atoms with Crippen molar-refractivity contribution in [2.75, 3.05) is 12.4 Å². The Morgan fingerprint density at radius 1 is 1.24 bits per heavy atom. The molecule has 21 heavy (non-hydrogen) atoms. The van der Waals surface area contributed by atoms with E-state index in [1.54, 1.807) is 19.2 Å². The van der Waals surface area contributed by atoms with Gasteiger partial charge in [-0.05, 0) is 54.0 Å². The van der Waals surface area contributed by atoms with Gasteiger partial charge in [-0.3, -0.25) is 4.79 Å². The third-order valence-electron chi connectivity index (χ3n) is 3.01. The molecule has 0 saturated carbocycles. The number of benzene rings is 1. The van der Waals surface area contributed by atoms with Crippen LogP contribution in [0.1, 0.15) is 30.4 Å². The Balaban J connectivity index is 2.32. The van der Waals surface area contributed by atoms with E-state index in [0.29, 0.717) is 17.1 Å². The van der Waals surface area contributed by atoms with Crippen LogP contribution in [0.15, 0.2) is 39.4 Å². The fourth-order valence-corrected chi connectivity index (χ4v) is 2.82. The Morgan fingerprint density at radius 2 is 1.95 bits per heavy atom. The normalized spacial score (nSPS) is 10.8. The van der Waals surface area contributed by atoms with E-state index in [2.05, 4.69) is 37.2 Å². The maximum absolute atomic E-state index is 12.5. The lowest BCUT2D eigenvalue weighted by molar-refractivity contribution is 0.101. The summed E-state index contributed by atoms with van der Waals surface area (Å²) in [5, 5.41) is 2.89. The number of carbonyl (C=O) groups excluding carboxylic acids is 1. The first-order valence-corrected chi connectivity index (χ1v) is 8.03. The minimum atomic E-state index is -0.175. The molecule has 1 aromatic heterocycles. The summed E-state index contributed by atoms with van der Waals surface area (Å²) in [5.41, 5.74) is 1.23. The van der Waals surface area contributed by atoms with Crippen molar-refractivity contribution in [3.63, 3.8) is 0 Å². The number of nitrogens with one attached hydrogen (secondary N) is 1. The van der Waals surface area contributed by atoms with Crippen LogP contribution < -0.4 is 10.1 Å². The second kappa shape index (κ2) is 6.66. The van der Waals surface area contributed by atoms with Crippen LogP contribution in [-0.4, -0.2) is 17.6 Å². The molecule has 0 aliphatic carbocycles. The first kappa shape index (κ1) is 16.1. The summed E-state index contributed by atoms with van der Waals surface area (Å²) < 4.78 is 8.94. The number of rotatable bonds is 4. The zero-order valence-corrected chi connectivity index (χ0v) is 15.2. The molecule has 1 amide bonds. The van der Waals surface area contributed by atoms with Gasteiger partial charge in [0.25, 0.3) is 5.91 Å². The highest BCUT2D eigenvalue weighted by atomic mass is 79.9. The van der Waals surface area contributed by atoms with E-state index in [1.165, 1.54) is 0 Å². The summed E-state index contributed by atoms with van der Waals surface area (Å²) >= 11 is 6.81. The van der Waals surface area contributed by atoms with Gasteiger partial charge >= 0.3 is 0 Å². The van der Waals surface area contributed by atoms with Gasteiger partial charge in [0.1, 0.15) is 11.4 Å². The molecule has 0 aliphatic heterocycles. The van der Waals surface area contributed by atoms with Crippen LogP contribution in [0.25, 0.3) is 0 Å². The fraction of sp³-hybridized carbons (Fsp3) is 0.267. The molecule has 0 atom stereocenters. The summed E-state index contributed by atoms with van der Waals surface area (Å²) in [4.78, 5) is 12.5. The van der Waals surface area contributed by atoms with Crippen molar-refractivity contribution in [3.8, 4) is 5.75 Å². The smallest absolute Gasteiger partial charge is 0.272 e. The average Bonchev–Trinajstić information content (AvgIpc) is 2.81. The third kappa shape index (κ3) is 3.68. The van der Waals surface area contributed by atoms with Crippen LogP contribution in [0.3, 0.4) is 0 Å². The molecule has 1 heterocycles. The van der Waals surface area contributed by atoms with Crippen LogP contribution in [-0.2, 0) is 0 Å². The molecule has 4 nitrogen and oxygen atoms in total. The SMILES string of the molecule is COc1ccc(Br)cc1NC(=O)c1cc(Br)cn1C(C)C. The molecule has 0 unspecified atom stereocenters. The van der Waals surface area contributed by atoms with Gasteiger partial charge in [0.05, 0.1) is 12.8 Å². The lowest BCUT2D eigenvalue weighted by atomic mass is 10.2. The van der Waals surface area contributed by atoms with Gasteiger partial charge in [-0.2, -0.15) is 0 Å². The topological polar surface area (TPSA) is 43.3 Å². The molecule has 2 aromatic rings. The standard InChI is InChI=1S/C15H16Br2N2O2/c1-9(2)19-8-11(17)7-13(19)15(20)18-12-6-10(16)4-5-14(12)21-3/h4-9H,1-3H3,(H,18,20). The second-order valence-electron chi connectivity index (χ2n) is 4.84. The van der Waals surface area contributed by atoms with E-state index in [9.17, 15) is 4.79 Å². The van der Waals surface area contributed by atoms with E-state index in [-0.39, 0.29) is 11.9 Å². The summed E-state index contributed by atoms with van der Waals surface area (Å²) in [5.74, 6) is 0.444. The van der Waals surface area contributed by atoms with Crippen molar-refractivity contribution in [3.05, 3.63) is 45.1 Å². The van der Waals surface area contributed by atoms with E-state index in [0.717, 1.165) is 8.95 Å². The molecule has 0 radical (unpaired) electrons. The highest BCUT2D eigenvalue weighted by Gasteiger charge is 2.16. The van der Waals surface area contributed by atoms with Crippen molar-refractivity contribution in [2.24, 2.45) is 0 Å². The molecular formula is C15H16Br2N2O2. The Morgan fingerprint density at radius 3 is 2.57 bits per heavy atom. The number of aromatic nitrogens is 1. The molecule has 0 saturated heterocycles. The molecule has 112 valence electrons. The molecule has 1 N–H and O–H groups in total. The summed E-state index contributed by atoms with van der Waals surface area (Å²) in [6.45, 7) is 4.06. The van der Waals surface area contributed by atoms with Gasteiger partial charge in [0.15, 0.2) is 0 Å². The Bertz CT molecular complexity index is 666. The number of carbonyl (C=O) groups is 1. The van der Waals surface area contributed by atoms with Gasteiger partial charge in [0.2, 0.25) is 0 Å². The molecule has 1 aromatic carbocycles. The monoisotopic (exact) mass is 414 g/mol. The lowest BCUT2D eigenvalue weighted by Crippen LogP contribution is -2.18. The van der Waals surface area contributed by atoms with Crippen LogP contribution in [0.4, 0.5) is 5.69 Å². The summed E-state index contributed by atoms with van der Waals surface area (Å²) in [7, 11) is 1.58. The highest BCUT2D eigenvalue weighted by Crippen LogP contribution is 2.29. The zero-order valence-electron chi connectivity index (χ0n) is 12.0. The van der Waals surface area contributed by atoms with Gasteiger partial charge in [-0.1, -0.05) is 15.9 Å². The van der Waals surface area contributed by atoms with Gasteiger partial charge in [-0.15, -0.1) is 0 Å². The largest absolute Gasteiger partial charge is 0.495 e. The number of hydrogen-bond acceptors (Lipinski definition) is 2. The van der Waals surface area contributed by atoms with Crippen LogP contribution in [0, 0.1) is 0 Å². The number of amides is 1. The van der Waals surface area contributed by atoms with Crippen molar-refractivity contribution >= 4 is 43.5 Å². The Kier molecular flexibility index (Phi) is 5.11. The van der Waals surface area contributed by atoms with Crippen LogP contribution in [0.2, 0.25) is 0 Å². The number of ether oxygens (including phenoxy) is 1. The predicted octanol–water partition coefficient (Wildman–Crippen LogP) is 4.85. The average molecular weight is 416 g/mol. The second-order valence-corrected chi connectivity index (χ2v) is 6.67. The Labute approximate surface area is 140 Å². The number of hydrogen-bond donors (Lipinski definition) is 1. The summed E-state index contributed by atoms with van der Waals surface area (Å²) in [6.07, 6.45) is 1.90. The van der Waals surface area contributed by atoms with Crippen molar-refractivity contribution in [2.45, 2.75) is 19.9 Å². The van der Waals surface area contributed by atoms with Gasteiger partial charge in [-0.25, -0.2) is 0 Å². The molecule has 0 fully saturated rings. The van der Waals surface area contributed by atoms with Crippen molar-refractivity contribution in [1.29, 1.82) is 0 Å². The molecule has 0 aliphatic rings. The molecule has 0 bridgehead atoms. The van der Waals surface area contributed by atoms with Crippen LogP contribution in [0.5, 0.6) is 5.75 Å². The zero-order chi connectivity index (χ0) is 15.6. The third-order valence-corrected chi connectivity index (χ3v) is 3.94. The maximum atomic E-state index is 12.5. The van der Waals surface area contributed by atoms with E-state index in [1.807, 2.05) is 36.7 Å². The van der Waals surface area contributed by atoms with E-state index in [4.69, 9.17) is 4.74 Å². The molecular weight excluding hydrogens is 400 g/mol. The number of methoxy groups -OCH3 is 1. The first-order chi connectivity index (χ1) is 9.92. The minimum absolute atomic E-state index is 0.175. The maximum Gasteiger partial charge on any atom is 0.272 e. The fourth-order valence-electron chi connectivity index (χ4n) is 2.02. The van der Waals surface area contributed by atoms with Gasteiger partial charge in [0, 0.05) is 21.2 Å². The molecule has 6 heteroatoms. The highest BCUT2D eigenvalue weighted by molar-refractivity contribution is 9.10. The Hall–Kier alpha value is -1.27. The number of nitrogens with zero attached hydrogens (tertiary/aromatic N) is 1. The first-order valence-electron chi connectivity index (χ1n) is 6.44. The lowest BCUT2D eigenvalue weighted by Gasteiger charge is -2.14.